The molecular weight excluding hydrogens is 304 g/mol. The Balaban J connectivity index is 2.15. The van der Waals surface area contributed by atoms with Crippen LogP contribution in [-0.2, 0) is 23.0 Å². The summed E-state index contributed by atoms with van der Waals surface area (Å²) < 4.78 is 27.5. The number of hydrogen-bond acceptors (Lipinski definition) is 4. The van der Waals surface area contributed by atoms with Crippen molar-refractivity contribution in [3.05, 3.63) is 51.2 Å². The number of benzene rings is 1. The van der Waals surface area contributed by atoms with Crippen molar-refractivity contribution in [1.82, 2.24) is 4.72 Å². The molecule has 0 spiro atoms. The second-order valence-electron chi connectivity index (χ2n) is 4.98. The Bertz CT molecular complexity index is 708. The molecule has 4 nitrogen and oxygen atoms in total. The molecule has 0 aliphatic carbocycles. The Labute approximate surface area is 130 Å². The molecule has 2 rings (SSSR count). The van der Waals surface area contributed by atoms with Crippen molar-refractivity contribution in [2.75, 3.05) is 6.54 Å². The normalized spacial score (nSPS) is 11.8. The van der Waals surface area contributed by atoms with Crippen LogP contribution in [0.15, 0.2) is 34.5 Å². The topological polar surface area (TPSA) is 72.2 Å². The molecule has 0 aliphatic rings. The maximum absolute atomic E-state index is 12.4. The average Bonchev–Trinajstić information content (AvgIpc) is 2.91. The standard InChI is InChI=1S/C15H20N2O2S2/c1-11-8-12(2)15(9-13(11)10-16)21(18,19)17-6-5-14-4-3-7-20-14/h3-4,7-9,17H,5-6,10,16H2,1-2H3. The molecule has 0 radical (unpaired) electrons. The minimum absolute atomic E-state index is 0.319. The fraction of sp³-hybridized carbons (Fsp3) is 0.333. The number of hydrogen-bond donors (Lipinski definition) is 2. The molecule has 0 aliphatic heterocycles. The van der Waals surface area contributed by atoms with Crippen molar-refractivity contribution in [3.8, 4) is 0 Å². The van der Waals surface area contributed by atoms with Crippen LogP contribution in [0.25, 0.3) is 0 Å². The highest BCUT2D eigenvalue weighted by atomic mass is 32.2. The molecule has 1 aromatic carbocycles. The summed E-state index contributed by atoms with van der Waals surface area (Å²) in [6.07, 6.45) is 0.700. The number of aryl methyl sites for hydroxylation is 2. The summed E-state index contributed by atoms with van der Waals surface area (Å²) in [4.78, 5) is 1.49. The van der Waals surface area contributed by atoms with Gasteiger partial charge in [-0.2, -0.15) is 0 Å². The van der Waals surface area contributed by atoms with E-state index in [2.05, 4.69) is 4.72 Å². The van der Waals surface area contributed by atoms with Crippen LogP contribution in [0.1, 0.15) is 21.6 Å². The van der Waals surface area contributed by atoms with Crippen LogP contribution in [-0.4, -0.2) is 15.0 Å². The van der Waals surface area contributed by atoms with Crippen molar-refractivity contribution >= 4 is 21.4 Å². The molecule has 21 heavy (non-hydrogen) atoms. The number of thiophene rings is 1. The van der Waals surface area contributed by atoms with E-state index < -0.39 is 10.0 Å². The van der Waals surface area contributed by atoms with Gasteiger partial charge in [-0.1, -0.05) is 12.1 Å². The van der Waals surface area contributed by atoms with Gasteiger partial charge in [0.05, 0.1) is 4.90 Å². The van der Waals surface area contributed by atoms with Crippen LogP contribution in [0.2, 0.25) is 0 Å². The van der Waals surface area contributed by atoms with E-state index in [1.165, 1.54) is 4.88 Å². The minimum atomic E-state index is -3.49. The number of rotatable bonds is 6. The molecule has 0 saturated heterocycles. The van der Waals surface area contributed by atoms with Crippen LogP contribution in [0, 0.1) is 13.8 Å². The molecule has 0 amide bonds. The van der Waals surface area contributed by atoms with Gasteiger partial charge in [-0.25, -0.2) is 13.1 Å². The first-order chi connectivity index (χ1) is 9.94. The molecule has 0 unspecified atom stereocenters. The van der Waals surface area contributed by atoms with Gasteiger partial charge < -0.3 is 5.73 Å². The van der Waals surface area contributed by atoms with E-state index in [9.17, 15) is 8.42 Å². The summed E-state index contributed by atoms with van der Waals surface area (Å²) >= 11 is 1.63. The smallest absolute Gasteiger partial charge is 0.240 e. The van der Waals surface area contributed by atoms with Crippen LogP contribution < -0.4 is 10.5 Å². The quantitative estimate of drug-likeness (QED) is 0.857. The lowest BCUT2D eigenvalue weighted by atomic mass is 10.1. The summed E-state index contributed by atoms with van der Waals surface area (Å²) in [7, 11) is -3.49. The molecule has 3 N–H and O–H groups in total. The van der Waals surface area contributed by atoms with E-state index in [0.717, 1.165) is 16.7 Å². The van der Waals surface area contributed by atoms with E-state index in [1.807, 2.05) is 30.5 Å². The summed E-state index contributed by atoms with van der Waals surface area (Å²) in [6.45, 7) is 4.48. The molecule has 0 fully saturated rings. The summed E-state index contributed by atoms with van der Waals surface area (Å²) in [5.74, 6) is 0. The molecular formula is C15H20N2O2S2. The molecule has 6 heteroatoms. The Hall–Kier alpha value is -1.21. The first-order valence-electron chi connectivity index (χ1n) is 6.76. The highest BCUT2D eigenvalue weighted by molar-refractivity contribution is 7.89. The van der Waals surface area contributed by atoms with Gasteiger partial charge in [-0.15, -0.1) is 11.3 Å². The fourth-order valence-corrected chi connectivity index (χ4v) is 4.24. The molecule has 1 heterocycles. The van der Waals surface area contributed by atoms with Crippen LogP contribution in [0.5, 0.6) is 0 Å². The molecule has 114 valence electrons. The Kier molecular flexibility index (Phi) is 5.16. The zero-order valence-corrected chi connectivity index (χ0v) is 13.9. The van der Waals surface area contributed by atoms with E-state index >= 15 is 0 Å². The predicted molar refractivity (Wildman–Crippen MR) is 87.0 cm³/mol. The lowest BCUT2D eigenvalue weighted by molar-refractivity contribution is 0.581. The van der Waals surface area contributed by atoms with Crippen molar-refractivity contribution < 1.29 is 8.42 Å². The van der Waals surface area contributed by atoms with E-state index in [4.69, 9.17) is 5.73 Å². The third-order valence-electron chi connectivity index (χ3n) is 3.39. The third-order valence-corrected chi connectivity index (χ3v) is 5.93. The largest absolute Gasteiger partial charge is 0.326 e. The summed E-state index contributed by atoms with van der Waals surface area (Å²) in [6, 6.07) is 7.52. The van der Waals surface area contributed by atoms with E-state index in [0.29, 0.717) is 24.4 Å². The average molecular weight is 324 g/mol. The van der Waals surface area contributed by atoms with Gasteiger partial charge in [0.25, 0.3) is 0 Å². The minimum Gasteiger partial charge on any atom is -0.326 e. The highest BCUT2D eigenvalue weighted by Gasteiger charge is 2.17. The lowest BCUT2D eigenvalue weighted by Gasteiger charge is -2.12. The zero-order valence-electron chi connectivity index (χ0n) is 12.2. The second kappa shape index (κ2) is 6.70. The molecule has 0 bridgehead atoms. The van der Waals surface area contributed by atoms with Gasteiger partial charge in [0.15, 0.2) is 0 Å². The van der Waals surface area contributed by atoms with Crippen LogP contribution in [0.4, 0.5) is 0 Å². The summed E-state index contributed by atoms with van der Waals surface area (Å²) in [5, 5.41) is 1.99. The van der Waals surface area contributed by atoms with E-state index in [1.54, 1.807) is 24.3 Å². The van der Waals surface area contributed by atoms with E-state index in [-0.39, 0.29) is 0 Å². The van der Waals surface area contributed by atoms with Gasteiger partial charge in [0.1, 0.15) is 0 Å². The Morgan fingerprint density at radius 3 is 2.62 bits per heavy atom. The zero-order chi connectivity index (χ0) is 15.5. The number of nitrogens with one attached hydrogen (secondary N) is 1. The number of sulfonamides is 1. The predicted octanol–water partition coefficient (Wildman–Crippen LogP) is 2.34. The SMILES string of the molecule is Cc1cc(C)c(S(=O)(=O)NCCc2cccs2)cc1CN. The summed E-state index contributed by atoms with van der Waals surface area (Å²) in [5.41, 5.74) is 8.29. The third kappa shape index (κ3) is 3.91. The van der Waals surface area contributed by atoms with Crippen molar-refractivity contribution in [2.24, 2.45) is 5.73 Å². The van der Waals surface area contributed by atoms with Crippen molar-refractivity contribution in [2.45, 2.75) is 31.7 Å². The van der Waals surface area contributed by atoms with Gasteiger partial charge in [0.2, 0.25) is 10.0 Å². The van der Waals surface area contributed by atoms with Gasteiger partial charge >= 0.3 is 0 Å². The first-order valence-corrected chi connectivity index (χ1v) is 9.12. The van der Waals surface area contributed by atoms with Crippen molar-refractivity contribution in [3.63, 3.8) is 0 Å². The van der Waals surface area contributed by atoms with Crippen LogP contribution >= 0.6 is 11.3 Å². The Morgan fingerprint density at radius 2 is 2.00 bits per heavy atom. The maximum atomic E-state index is 12.4. The highest BCUT2D eigenvalue weighted by Crippen LogP contribution is 2.20. The second-order valence-corrected chi connectivity index (χ2v) is 7.74. The Morgan fingerprint density at radius 1 is 1.24 bits per heavy atom. The maximum Gasteiger partial charge on any atom is 0.240 e. The van der Waals surface area contributed by atoms with Gasteiger partial charge in [-0.05, 0) is 54.5 Å². The molecule has 0 atom stereocenters. The van der Waals surface area contributed by atoms with Gasteiger partial charge in [-0.3, -0.25) is 0 Å². The number of nitrogens with two attached hydrogens (primary N) is 1. The van der Waals surface area contributed by atoms with Gasteiger partial charge in [0, 0.05) is 18.0 Å². The van der Waals surface area contributed by atoms with Crippen molar-refractivity contribution in [1.29, 1.82) is 0 Å². The molecule has 1 aromatic heterocycles. The van der Waals surface area contributed by atoms with Crippen LogP contribution in [0.3, 0.4) is 0 Å². The fourth-order valence-electron chi connectivity index (χ4n) is 2.23. The lowest BCUT2D eigenvalue weighted by Crippen LogP contribution is -2.26. The monoisotopic (exact) mass is 324 g/mol. The molecule has 2 aromatic rings. The molecule has 0 saturated carbocycles. The first kappa shape index (κ1) is 16.2.